The molecule has 1 aliphatic heterocycles. The fourth-order valence-electron chi connectivity index (χ4n) is 3.27. The Bertz CT molecular complexity index is 716. The van der Waals surface area contributed by atoms with Crippen molar-refractivity contribution in [3.8, 4) is 0 Å². The maximum atomic E-state index is 12.5. The predicted molar refractivity (Wildman–Crippen MR) is 102 cm³/mol. The average molecular weight is 376 g/mol. The number of likely N-dealkylation sites (tertiary alicyclic amines) is 1. The van der Waals surface area contributed by atoms with Crippen LogP contribution in [0.4, 0.5) is 5.69 Å². The lowest BCUT2D eigenvalue weighted by molar-refractivity contribution is -0.386. The second kappa shape index (κ2) is 8.50. The van der Waals surface area contributed by atoms with Crippen LogP contribution in [0.1, 0.15) is 69.3 Å². The first-order valence-electron chi connectivity index (χ1n) is 9.40. The van der Waals surface area contributed by atoms with Gasteiger partial charge in [0.05, 0.1) is 10.5 Å². The van der Waals surface area contributed by atoms with Crippen LogP contribution in [0.25, 0.3) is 0 Å². The number of benzene rings is 1. The molecule has 7 nitrogen and oxygen atoms in total. The molecule has 0 radical (unpaired) electrons. The van der Waals surface area contributed by atoms with Crippen molar-refractivity contribution in [3.63, 3.8) is 0 Å². The summed E-state index contributed by atoms with van der Waals surface area (Å²) in [7, 11) is 0. The van der Waals surface area contributed by atoms with Crippen molar-refractivity contribution < 1.29 is 19.2 Å². The fourth-order valence-corrected chi connectivity index (χ4v) is 3.27. The van der Waals surface area contributed by atoms with E-state index in [9.17, 15) is 19.7 Å². The molecular weight excluding hydrogens is 348 g/mol. The molecule has 1 saturated heterocycles. The van der Waals surface area contributed by atoms with Crippen molar-refractivity contribution in [2.75, 3.05) is 13.1 Å². The number of hydrogen-bond acceptors (Lipinski definition) is 5. The molecule has 0 aliphatic carbocycles. The van der Waals surface area contributed by atoms with Crippen LogP contribution in [0.3, 0.4) is 0 Å². The molecule has 148 valence electrons. The lowest BCUT2D eigenvalue weighted by Gasteiger charge is -2.24. The van der Waals surface area contributed by atoms with Crippen molar-refractivity contribution in [3.05, 3.63) is 39.4 Å². The van der Waals surface area contributed by atoms with Crippen LogP contribution in [-0.4, -0.2) is 40.9 Å². The number of hydrogen-bond donors (Lipinski definition) is 0. The molecule has 0 saturated carbocycles. The Hall–Kier alpha value is -2.44. The second-order valence-corrected chi connectivity index (χ2v) is 8.03. The topological polar surface area (TPSA) is 89.7 Å². The number of amides is 1. The van der Waals surface area contributed by atoms with E-state index in [1.54, 1.807) is 17.9 Å². The summed E-state index contributed by atoms with van der Waals surface area (Å²) in [4.78, 5) is 37.6. The van der Waals surface area contributed by atoms with Gasteiger partial charge in [-0.3, -0.25) is 14.9 Å². The molecule has 1 aromatic carbocycles. The molecule has 0 bridgehead atoms. The first-order valence-corrected chi connectivity index (χ1v) is 9.40. The van der Waals surface area contributed by atoms with Crippen LogP contribution >= 0.6 is 0 Å². The molecule has 1 atom stereocenters. The summed E-state index contributed by atoms with van der Waals surface area (Å²) in [5.41, 5.74) is 0.0623. The number of esters is 1. The molecule has 1 heterocycles. The van der Waals surface area contributed by atoms with Gasteiger partial charge >= 0.3 is 5.97 Å². The van der Waals surface area contributed by atoms with Crippen molar-refractivity contribution >= 4 is 17.6 Å². The summed E-state index contributed by atoms with van der Waals surface area (Å²) in [6, 6.07) is 4.32. The smallest absolute Gasteiger partial charge is 0.339 e. The minimum atomic E-state index is -0.919. The minimum Gasteiger partial charge on any atom is -0.449 e. The van der Waals surface area contributed by atoms with Gasteiger partial charge in [-0.25, -0.2) is 4.79 Å². The van der Waals surface area contributed by atoms with Gasteiger partial charge in [-0.2, -0.15) is 0 Å². The van der Waals surface area contributed by atoms with Gasteiger partial charge in [-0.1, -0.05) is 39.7 Å². The van der Waals surface area contributed by atoms with Crippen molar-refractivity contribution in [1.82, 2.24) is 4.90 Å². The molecule has 1 unspecified atom stereocenters. The van der Waals surface area contributed by atoms with Crippen LogP contribution in [0.15, 0.2) is 18.2 Å². The van der Waals surface area contributed by atoms with Gasteiger partial charge in [0.25, 0.3) is 11.6 Å². The number of carbonyl (C=O) groups is 2. The molecule has 1 aliphatic rings. The number of carbonyl (C=O) groups excluding carboxylic acids is 2. The van der Waals surface area contributed by atoms with Crippen molar-refractivity contribution in [2.24, 2.45) is 0 Å². The quantitative estimate of drug-likeness (QED) is 0.452. The highest BCUT2D eigenvalue weighted by Crippen LogP contribution is 2.32. The van der Waals surface area contributed by atoms with Gasteiger partial charge in [-0.05, 0) is 31.2 Å². The van der Waals surface area contributed by atoms with E-state index in [1.165, 1.54) is 12.1 Å². The van der Waals surface area contributed by atoms with E-state index in [0.717, 1.165) is 25.7 Å². The Labute approximate surface area is 159 Å². The van der Waals surface area contributed by atoms with Crippen molar-refractivity contribution in [1.29, 1.82) is 0 Å². The van der Waals surface area contributed by atoms with E-state index < -0.39 is 22.4 Å². The zero-order chi connectivity index (χ0) is 20.2. The maximum Gasteiger partial charge on any atom is 0.339 e. The molecule has 7 heteroatoms. The molecule has 1 fully saturated rings. The third-order valence-electron chi connectivity index (χ3n) is 4.79. The van der Waals surface area contributed by atoms with Crippen LogP contribution in [0, 0.1) is 10.1 Å². The second-order valence-electron chi connectivity index (χ2n) is 8.03. The van der Waals surface area contributed by atoms with E-state index in [0.29, 0.717) is 18.7 Å². The lowest BCUT2D eigenvalue weighted by Crippen LogP contribution is -2.40. The highest BCUT2D eigenvalue weighted by molar-refractivity contribution is 5.93. The lowest BCUT2D eigenvalue weighted by atomic mass is 9.85. The Morgan fingerprint density at radius 3 is 2.26 bits per heavy atom. The summed E-state index contributed by atoms with van der Waals surface area (Å²) < 4.78 is 5.30. The van der Waals surface area contributed by atoms with E-state index >= 15 is 0 Å². The minimum absolute atomic E-state index is 0.0743. The number of nitro groups is 1. The predicted octanol–water partition coefficient (Wildman–Crippen LogP) is 3.84. The molecule has 0 spiro atoms. The summed E-state index contributed by atoms with van der Waals surface area (Å²) in [5, 5.41) is 11.4. The zero-order valence-electron chi connectivity index (χ0n) is 16.5. The SMILES string of the molecule is CC(OC(=O)c1ccc(C(C)(C)C)c([N+](=O)[O-])c1)C(=O)N1CCCCCC1. The van der Waals surface area contributed by atoms with E-state index in [2.05, 4.69) is 0 Å². The summed E-state index contributed by atoms with van der Waals surface area (Å²) >= 11 is 0. The number of nitro benzene ring substituents is 1. The number of ether oxygens (including phenoxy) is 1. The molecule has 0 N–H and O–H groups in total. The third kappa shape index (κ3) is 5.28. The first-order chi connectivity index (χ1) is 12.6. The van der Waals surface area contributed by atoms with Crippen LogP contribution in [0.2, 0.25) is 0 Å². The van der Waals surface area contributed by atoms with E-state index in [1.807, 2.05) is 20.8 Å². The Morgan fingerprint density at radius 1 is 1.15 bits per heavy atom. The zero-order valence-corrected chi connectivity index (χ0v) is 16.5. The largest absolute Gasteiger partial charge is 0.449 e. The number of nitrogens with zero attached hydrogens (tertiary/aromatic N) is 2. The molecule has 1 amide bonds. The van der Waals surface area contributed by atoms with Gasteiger partial charge in [0.1, 0.15) is 0 Å². The van der Waals surface area contributed by atoms with Crippen molar-refractivity contribution in [2.45, 2.75) is 64.9 Å². The van der Waals surface area contributed by atoms with Gasteiger partial charge in [0.15, 0.2) is 6.10 Å². The first kappa shape index (κ1) is 20.9. The highest BCUT2D eigenvalue weighted by Gasteiger charge is 2.28. The Morgan fingerprint density at radius 2 is 1.74 bits per heavy atom. The molecule has 1 aromatic rings. The van der Waals surface area contributed by atoms with E-state index in [-0.39, 0.29) is 17.2 Å². The van der Waals surface area contributed by atoms with Crippen LogP contribution in [-0.2, 0) is 14.9 Å². The van der Waals surface area contributed by atoms with Gasteiger partial charge in [-0.15, -0.1) is 0 Å². The molecular formula is C20H28N2O5. The van der Waals surface area contributed by atoms with Gasteiger partial charge in [0.2, 0.25) is 0 Å². The third-order valence-corrected chi connectivity index (χ3v) is 4.79. The normalized spacial score (nSPS) is 16.4. The maximum absolute atomic E-state index is 12.5. The van der Waals surface area contributed by atoms with Gasteiger partial charge in [0, 0.05) is 24.7 Å². The molecule has 27 heavy (non-hydrogen) atoms. The molecule has 0 aromatic heterocycles. The standard InChI is InChI=1S/C20H28N2O5/c1-14(18(23)21-11-7-5-6-8-12-21)27-19(24)15-9-10-16(20(2,3)4)17(13-15)22(25)26/h9-10,13-14H,5-8,11-12H2,1-4H3. The Balaban J connectivity index is 2.14. The van der Waals surface area contributed by atoms with Crippen LogP contribution in [0.5, 0.6) is 0 Å². The molecule has 2 rings (SSSR count). The van der Waals surface area contributed by atoms with E-state index in [4.69, 9.17) is 4.74 Å². The summed E-state index contributed by atoms with van der Waals surface area (Å²) in [6.07, 6.45) is 3.18. The monoisotopic (exact) mass is 376 g/mol. The average Bonchev–Trinajstić information content (AvgIpc) is 2.88. The number of rotatable bonds is 4. The van der Waals surface area contributed by atoms with Crippen LogP contribution < -0.4 is 0 Å². The fraction of sp³-hybridized carbons (Fsp3) is 0.600. The summed E-state index contributed by atoms with van der Waals surface area (Å²) in [6.45, 7) is 8.50. The summed E-state index contributed by atoms with van der Waals surface area (Å²) in [5.74, 6) is -0.944. The van der Waals surface area contributed by atoms with Gasteiger partial charge < -0.3 is 9.64 Å². The Kier molecular flexibility index (Phi) is 6.57. The highest BCUT2D eigenvalue weighted by atomic mass is 16.6.